The molecular weight excluding hydrogens is 333 g/mol. The topological polar surface area (TPSA) is 69.7 Å². The minimum absolute atomic E-state index is 0.332. The monoisotopic (exact) mass is 351 g/mol. The van der Waals surface area contributed by atoms with Crippen LogP contribution in [0.1, 0.15) is 10.4 Å². The standard InChI is InChI=1S/C16H18FN3O3S/c1-19(2)24(22,23)20(3)15-9-7-12(8-10-15)16(21)18-14-6-4-5-13(17)11-14/h4-11H,1-3H3,(H,18,21). The summed E-state index contributed by atoms with van der Waals surface area (Å²) in [6, 6.07) is 11.6. The van der Waals surface area contributed by atoms with E-state index in [9.17, 15) is 17.6 Å². The van der Waals surface area contributed by atoms with Gasteiger partial charge in [0, 0.05) is 32.4 Å². The smallest absolute Gasteiger partial charge is 0.303 e. The van der Waals surface area contributed by atoms with E-state index in [1.54, 1.807) is 6.07 Å². The van der Waals surface area contributed by atoms with Gasteiger partial charge < -0.3 is 5.32 Å². The van der Waals surface area contributed by atoms with Gasteiger partial charge in [0.2, 0.25) is 0 Å². The van der Waals surface area contributed by atoms with Crippen LogP contribution in [0, 0.1) is 5.82 Å². The summed E-state index contributed by atoms with van der Waals surface area (Å²) >= 11 is 0. The Morgan fingerprint density at radius 2 is 1.67 bits per heavy atom. The minimum Gasteiger partial charge on any atom is -0.322 e. The van der Waals surface area contributed by atoms with Crippen LogP contribution in [0.2, 0.25) is 0 Å². The molecule has 2 aromatic carbocycles. The number of hydrogen-bond acceptors (Lipinski definition) is 3. The van der Waals surface area contributed by atoms with Crippen molar-refractivity contribution in [2.75, 3.05) is 30.8 Å². The van der Waals surface area contributed by atoms with E-state index < -0.39 is 21.9 Å². The first kappa shape index (κ1) is 17.9. The van der Waals surface area contributed by atoms with Crippen molar-refractivity contribution in [2.24, 2.45) is 0 Å². The highest BCUT2D eigenvalue weighted by atomic mass is 32.2. The number of rotatable bonds is 5. The van der Waals surface area contributed by atoms with Gasteiger partial charge in [0.25, 0.3) is 5.91 Å². The fraction of sp³-hybridized carbons (Fsp3) is 0.188. The molecule has 1 N–H and O–H groups in total. The highest BCUT2D eigenvalue weighted by molar-refractivity contribution is 7.90. The molecule has 0 aliphatic rings. The van der Waals surface area contributed by atoms with E-state index in [0.29, 0.717) is 16.9 Å². The van der Waals surface area contributed by atoms with Crippen LogP contribution < -0.4 is 9.62 Å². The molecule has 2 rings (SSSR count). The van der Waals surface area contributed by atoms with Crippen molar-refractivity contribution < 1.29 is 17.6 Å². The predicted molar refractivity (Wildman–Crippen MR) is 91.8 cm³/mol. The van der Waals surface area contributed by atoms with E-state index >= 15 is 0 Å². The van der Waals surface area contributed by atoms with Crippen molar-refractivity contribution in [3.8, 4) is 0 Å². The first-order valence-corrected chi connectivity index (χ1v) is 8.45. The molecule has 0 atom stereocenters. The van der Waals surface area contributed by atoms with E-state index in [1.165, 1.54) is 63.6 Å². The van der Waals surface area contributed by atoms with Gasteiger partial charge in [-0.3, -0.25) is 9.10 Å². The van der Waals surface area contributed by atoms with Crippen molar-refractivity contribution in [3.63, 3.8) is 0 Å². The van der Waals surface area contributed by atoms with Gasteiger partial charge in [0.05, 0.1) is 5.69 Å². The Hall–Kier alpha value is -2.45. The number of anilines is 2. The third-order valence-corrected chi connectivity index (χ3v) is 5.21. The summed E-state index contributed by atoms with van der Waals surface area (Å²) in [5, 5.41) is 2.58. The molecule has 0 radical (unpaired) electrons. The van der Waals surface area contributed by atoms with Crippen molar-refractivity contribution in [3.05, 3.63) is 59.9 Å². The molecule has 2 aromatic rings. The second-order valence-corrected chi connectivity index (χ2v) is 7.44. The number of nitrogens with zero attached hydrogens (tertiary/aromatic N) is 2. The Kier molecular flexibility index (Phi) is 5.20. The van der Waals surface area contributed by atoms with Gasteiger partial charge in [-0.15, -0.1) is 0 Å². The molecule has 0 aliphatic carbocycles. The molecular formula is C16H18FN3O3S. The van der Waals surface area contributed by atoms with E-state index in [2.05, 4.69) is 5.32 Å². The maximum Gasteiger partial charge on any atom is 0.303 e. The lowest BCUT2D eigenvalue weighted by atomic mass is 10.2. The number of carbonyl (C=O) groups excluding carboxylic acids is 1. The molecule has 0 aliphatic heterocycles. The predicted octanol–water partition coefficient (Wildman–Crippen LogP) is 2.32. The summed E-state index contributed by atoms with van der Waals surface area (Å²) in [5.74, 6) is -0.857. The molecule has 0 fully saturated rings. The quantitative estimate of drug-likeness (QED) is 0.899. The van der Waals surface area contributed by atoms with Crippen LogP contribution >= 0.6 is 0 Å². The fourth-order valence-corrected chi connectivity index (χ4v) is 2.85. The van der Waals surface area contributed by atoms with E-state index in [-0.39, 0.29) is 0 Å². The molecule has 24 heavy (non-hydrogen) atoms. The highest BCUT2D eigenvalue weighted by Crippen LogP contribution is 2.19. The second kappa shape index (κ2) is 6.98. The third kappa shape index (κ3) is 3.90. The molecule has 0 aromatic heterocycles. The lowest BCUT2D eigenvalue weighted by Crippen LogP contribution is -2.37. The molecule has 0 spiro atoms. The number of amides is 1. The molecule has 0 bridgehead atoms. The third-order valence-electron chi connectivity index (χ3n) is 3.38. The lowest BCUT2D eigenvalue weighted by molar-refractivity contribution is 0.102. The molecule has 0 saturated carbocycles. The summed E-state index contributed by atoms with van der Waals surface area (Å²) in [4.78, 5) is 12.1. The average molecular weight is 351 g/mol. The SMILES string of the molecule is CN(C)S(=O)(=O)N(C)c1ccc(C(=O)Nc2cccc(F)c2)cc1. The normalized spacial score (nSPS) is 11.4. The number of benzene rings is 2. The summed E-state index contributed by atoms with van der Waals surface area (Å²) in [6.45, 7) is 0. The van der Waals surface area contributed by atoms with E-state index in [0.717, 1.165) is 8.61 Å². The number of carbonyl (C=O) groups is 1. The maximum absolute atomic E-state index is 13.1. The first-order valence-electron chi connectivity index (χ1n) is 7.05. The fourth-order valence-electron chi connectivity index (χ4n) is 1.97. The summed E-state index contributed by atoms with van der Waals surface area (Å²) in [5.41, 5.74) is 1.10. The van der Waals surface area contributed by atoms with E-state index in [1.807, 2.05) is 0 Å². The van der Waals surface area contributed by atoms with Crippen LogP contribution in [-0.2, 0) is 10.2 Å². The van der Waals surface area contributed by atoms with Gasteiger partial charge in [0.15, 0.2) is 0 Å². The van der Waals surface area contributed by atoms with Crippen molar-refractivity contribution in [2.45, 2.75) is 0 Å². The van der Waals surface area contributed by atoms with Gasteiger partial charge >= 0.3 is 10.2 Å². The molecule has 128 valence electrons. The van der Waals surface area contributed by atoms with Crippen LogP contribution in [0.25, 0.3) is 0 Å². The van der Waals surface area contributed by atoms with Gasteiger partial charge in [-0.1, -0.05) is 6.07 Å². The number of nitrogens with one attached hydrogen (secondary N) is 1. The van der Waals surface area contributed by atoms with Crippen LogP contribution in [0.15, 0.2) is 48.5 Å². The number of halogens is 1. The van der Waals surface area contributed by atoms with Gasteiger partial charge in [-0.05, 0) is 42.5 Å². The minimum atomic E-state index is -3.59. The van der Waals surface area contributed by atoms with Crippen LogP contribution in [0.4, 0.5) is 15.8 Å². The van der Waals surface area contributed by atoms with Crippen molar-refractivity contribution in [1.82, 2.24) is 4.31 Å². The number of hydrogen-bond donors (Lipinski definition) is 1. The van der Waals surface area contributed by atoms with Gasteiger partial charge in [-0.2, -0.15) is 12.7 Å². The second-order valence-electron chi connectivity index (χ2n) is 5.27. The average Bonchev–Trinajstić information content (AvgIpc) is 2.54. The van der Waals surface area contributed by atoms with Crippen molar-refractivity contribution in [1.29, 1.82) is 0 Å². The summed E-state index contributed by atoms with van der Waals surface area (Å²) in [7, 11) is 0.710. The largest absolute Gasteiger partial charge is 0.322 e. The van der Waals surface area contributed by atoms with Gasteiger partial charge in [-0.25, -0.2) is 4.39 Å². The molecule has 8 heteroatoms. The Morgan fingerprint density at radius 3 is 2.21 bits per heavy atom. The van der Waals surface area contributed by atoms with Gasteiger partial charge in [0.1, 0.15) is 5.82 Å². The molecule has 0 saturated heterocycles. The molecule has 0 unspecified atom stereocenters. The zero-order valence-corrected chi connectivity index (χ0v) is 14.3. The summed E-state index contributed by atoms with van der Waals surface area (Å²) in [6.07, 6.45) is 0. The molecule has 6 nitrogen and oxygen atoms in total. The highest BCUT2D eigenvalue weighted by Gasteiger charge is 2.21. The molecule has 0 heterocycles. The van der Waals surface area contributed by atoms with Crippen LogP contribution in [-0.4, -0.2) is 39.8 Å². The van der Waals surface area contributed by atoms with Crippen LogP contribution in [0.3, 0.4) is 0 Å². The lowest BCUT2D eigenvalue weighted by Gasteiger charge is -2.23. The Labute approximate surface area is 140 Å². The Morgan fingerprint density at radius 1 is 1.04 bits per heavy atom. The zero-order valence-electron chi connectivity index (χ0n) is 13.5. The van der Waals surface area contributed by atoms with E-state index in [4.69, 9.17) is 0 Å². The summed E-state index contributed by atoms with van der Waals surface area (Å²) < 4.78 is 39.4. The zero-order chi connectivity index (χ0) is 17.9. The molecule has 1 amide bonds. The van der Waals surface area contributed by atoms with Crippen LogP contribution in [0.5, 0.6) is 0 Å². The first-order chi connectivity index (χ1) is 11.2. The Balaban J connectivity index is 2.16. The maximum atomic E-state index is 13.1. The van der Waals surface area contributed by atoms with Crippen molar-refractivity contribution >= 4 is 27.5 Å². The Bertz CT molecular complexity index is 836.